The van der Waals surface area contributed by atoms with E-state index in [-0.39, 0.29) is 0 Å². The third-order valence-corrected chi connectivity index (χ3v) is 6.31. The van der Waals surface area contributed by atoms with Crippen LogP contribution in [0.3, 0.4) is 0 Å². The topological polar surface area (TPSA) is 49.6 Å². The van der Waals surface area contributed by atoms with Crippen molar-refractivity contribution in [1.82, 2.24) is 15.0 Å². The summed E-state index contributed by atoms with van der Waals surface area (Å²) in [6.45, 7) is 6.76. The molecule has 0 bridgehead atoms. The number of nitrogens with zero attached hydrogens (tertiary/aromatic N) is 3. The predicted molar refractivity (Wildman–Crippen MR) is 109 cm³/mol. The first kappa shape index (κ1) is 19.2. The number of benzene rings is 1. The Morgan fingerprint density at radius 1 is 1.18 bits per heavy atom. The molecule has 2 aliphatic heterocycles. The first-order chi connectivity index (χ1) is 13.7. The van der Waals surface area contributed by atoms with Crippen molar-refractivity contribution < 1.29 is 9.32 Å². The summed E-state index contributed by atoms with van der Waals surface area (Å²) >= 11 is 0. The van der Waals surface area contributed by atoms with Crippen molar-refractivity contribution >= 4 is 5.91 Å². The molecule has 4 rings (SSSR count). The van der Waals surface area contributed by atoms with Gasteiger partial charge in [-0.25, -0.2) is 0 Å². The van der Waals surface area contributed by atoms with Gasteiger partial charge < -0.3 is 9.42 Å². The third-order valence-electron chi connectivity index (χ3n) is 6.31. The molecule has 0 atom stereocenters. The average Bonchev–Trinajstić information content (AvgIpc) is 3.20. The van der Waals surface area contributed by atoms with E-state index in [2.05, 4.69) is 47.3 Å². The van der Waals surface area contributed by atoms with Gasteiger partial charge in [0.25, 0.3) is 0 Å². The maximum atomic E-state index is 12.7. The highest BCUT2D eigenvalue weighted by Gasteiger charge is 2.24. The third kappa shape index (κ3) is 4.64. The molecule has 0 radical (unpaired) electrons. The van der Waals surface area contributed by atoms with E-state index in [0.717, 1.165) is 63.4 Å². The maximum absolute atomic E-state index is 12.7. The van der Waals surface area contributed by atoms with E-state index >= 15 is 0 Å². The van der Waals surface area contributed by atoms with Gasteiger partial charge in [0.2, 0.25) is 5.91 Å². The van der Waals surface area contributed by atoms with Crippen molar-refractivity contribution in [3.8, 4) is 0 Å². The van der Waals surface area contributed by atoms with Crippen molar-refractivity contribution in [3.63, 3.8) is 0 Å². The minimum absolute atomic E-state index is 0.325. The molecule has 1 aromatic heterocycles. The Morgan fingerprint density at radius 2 is 1.96 bits per heavy atom. The van der Waals surface area contributed by atoms with Crippen LogP contribution in [-0.4, -0.2) is 40.5 Å². The molecule has 2 aromatic rings. The van der Waals surface area contributed by atoms with Gasteiger partial charge in [0.1, 0.15) is 0 Å². The molecule has 5 nitrogen and oxygen atoms in total. The number of aryl methyl sites for hydroxylation is 1. The van der Waals surface area contributed by atoms with E-state index in [1.54, 1.807) is 0 Å². The van der Waals surface area contributed by atoms with Gasteiger partial charge in [0, 0.05) is 25.6 Å². The number of piperidine rings is 1. The highest BCUT2D eigenvalue weighted by Crippen LogP contribution is 2.25. The van der Waals surface area contributed by atoms with Crippen molar-refractivity contribution in [2.24, 2.45) is 5.92 Å². The molecule has 150 valence electrons. The SMILES string of the molecule is CCc1cc(CN2CCC(CCC(=O)N3CCc4ccccc4C3)CC2)on1. The van der Waals surface area contributed by atoms with Crippen LogP contribution in [0, 0.1) is 5.92 Å². The minimum atomic E-state index is 0.325. The van der Waals surface area contributed by atoms with E-state index in [1.807, 2.05) is 4.90 Å². The van der Waals surface area contributed by atoms with Crippen LogP contribution in [0.25, 0.3) is 0 Å². The zero-order valence-corrected chi connectivity index (χ0v) is 16.9. The lowest BCUT2D eigenvalue weighted by Crippen LogP contribution is -2.37. The Labute approximate surface area is 167 Å². The number of hydrogen-bond donors (Lipinski definition) is 0. The summed E-state index contributed by atoms with van der Waals surface area (Å²) in [6.07, 6.45) is 5.96. The minimum Gasteiger partial charge on any atom is -0.360 e. The lowest BCUT2D eigenvalue weighted by Gasteiger charge is -2.32. The summed E-state index contributed by atoms with van der Waals surface area (Å²) in [5, 5.41) is 4.08. The molecule has 0 saturated carbocycles. The molecule has 0 N–H and O–H groups in total. The summed E-state index contributed by atoms with van der Waals surface area (Å²) in [5.74, 6) is 1.96. The molecule has 0 unspecified atom stereocenters. The van der Waals surface area contributed by atoms with E-state index < -0.39 is 0 Å². The second kappa shape index (κ2) is 8.91. The molecule has 2 aliphatic rings. The standard InChI is InChI=1S/C23H31N3O2/c1-2-21-15-22(28-24-21)17-25-12-9-18(10-13-25)7-8-23(27)26-14-11-19-5-3-4-6-20(19)16-26/h3-6,15,18H,2,7-14,16-17H2,1H3. The second-order valence-electron chi connectivity index (χ2n) is 8.23. The normalized spacial score (nSPS) is 18.2. The van der Waals surface area contributed by atoms with Gasteiger partial charge in [0.05, 0.1) is 12.2 Å². The van der Waals surface area contributed by atoms with Gasteiger partial charge in [-0.2, -0.15) is 0 Å². The van der Waals surface area contributed by atoms with Crippen LogP contribution < -0.4 is 0 Å². The van der Waals surface area contributed by atoms with E-state index in [4.69, 9.17) is 4.52 Å². The number of amides is 1. The fraction of sp³-hybridized carbons (Fsp3) is 0.565. The number of hydrogen-bond acceptors (Lipinski definition) is 4. The van der Waals surface area contributed by atoms with Crippen LogP contribution in [0.2, 0.25) is 0 Å². The van der Waals surface area contributed by atoms with Gasteiger partial charge >= 0.3 is 0 Å². The van der Waals surface area contributed by atoms with E-state index in [9.17, 15) is 4.79 Å². The Balaban J connectivity index is 1.19. The van der Waals surface area contributed by atoms with Gasteiger partial charge in [-0.1, -0.05) is 36.3 Å². The van der Waals surface area contributed by atoms with E-state index in [1.165, 1.54) is 24.0 Å². The second-order valence-corrected chi connectivity index (χ2v) is 8.23. The summed E-state index contributed by atoms with van der Waals surface area (Å²) in [4.78, 5) is 17.2. The Hall–Kier alpha value is -2.14. The lowest BCUT2D eigenvalue weighted by atomic mass is 9.91. The summed E-state index contributed by atoms with van der Waals surface area (Å²) in [7, 11) is 0. The zero-order chi connectivity index (χ0) is 19.3. The highest BCUT2D eigenvalue weighted by atomic mass is 16.5. The summed E-state index contributed by atoms with van der Waals surface area (Å²) in [5.41, 5.74) is 3.74. The molecule has 1 saturated heterocycles. The number of rotatable bonds is 6. The largest absolute Gasteiger partial charge is 0.360 e. The molecule has 1 aromatic carbocycles. The van der Waals surface area contributed by atoms with Crippen LogP contribution >= 0.6 is 0 Å². The molecule has 3 heterocycles. The number of likely N-dealkylation sites (tertiary alicyclic amines) is 1. The Bertz CT molecular complexity index is 793. The summed E-state index contributed by atoms with van der Waals surface area (Å²) in [6, 6.07) is 10.6. The number of aromatic nitrogens is 1. The molecular weight excluding hydrogens is 350 g/mol. The van der Waals surface area contributed by atoms with Gasteiger partial charge in [-0.05, 0) is 62.2 Å². The van der Waals surface area contributed by atoms with Crippen LogP contribution in [0.15, 0.2) is 34.9 Å². The van der Waals surface area contributed by atoms with Crippen LogP contribution in [0.4, 0.5) is 0 Å². The van der Waals surface area contributed by atoms with Crippen molar-refractivity contribution in [2.75, 3.05) is 19.6 Å². The first-order valence-electron chi connectivity index (χ1n) is 10.7. The van der Waals surface area contributed by atoms with Crippen molar-refractivity contribution in [2.45, 2.75) is 58.5 Å². The van der Waals surface area contributed by atoms with Crippen LogP contribution in [0.1, 0.15) is 55.2 Å². The summed E-state index contributed by atoms with van der Waals surface area (Å²) < 4.78 is 5.41. The molecule has 0 aliphatic carbocycles. The number of carbonyl (C=O) groups is 1. The quantitative estimate of drug-likeness (QED) is 0.763. The highest BCUT2D eigenvalue weighted by molar-refractivity contribution is 5.76. The van der Waals surface area contributed by atoms with Crippen molar-refractivity contribution in [1.29, 1.82) is 0 Å². The molecule has 0 spiro atoms. The lowest BCUT2D eigenvalue weighted by molar-refractivity contribution is -0.132. The Morgan fingerprint density at radius 3 is 2.71 bits per heavy atom. The van der Waals surface area contributed by atoms with Crippen LogP contribution in [0.5, 0.6) is 0 Å². The van der Waals surface area contributed by atoms with Gasteiger partial charge in [0.15, 0.2) is 5.76 Å². The zero-order valence-electron chi connectivity index (χ0n) is 16.9. The van der Waals surface area contributed by atoms with Gasteiger partial charge in [-0.3, -0.25) is 9.69 Å². The smallest absolute Gasteiger partial charge is 0.222 e. The molecule has 1 amide bonds. The number of carbonyl (C=O) groups excluding carboxylic acids is 1. The van der Waals surface area contributed by atoms with Crippen molar-refractivity contribution in [3.05, 3.63) is 52.9 Å². The predicted octanol–water partition coefficient (Wildman–Crippen LogP) is 3.81. The number of fused-ring (bicyclic) bond motifs is 1. The molecule has 28 heavy (non-hydrogen) atoms. The average molecular weight is 382 g/mol. The molecular formula is C23H31N3O2. The van der Waals surface area contributed by atoms with E-state index in [0.29, 0.717) is 18.2 Å². The fourth-order valence-electron chi connectivity index (χ4n) is 4.44. The monoisotopic (exact) mass is 381 g/mol. The molecule has 5 heteroatoms. The Kier molecular flexibility index (Phi) is 6.10. The fourth-order valence-corrected chi connectivity index (χ4v) is 4.44. The molecule has 1 fully saturated rings. The van der Waals surface area contributed by atoms with Crippen LogP contribution in [-0.2, 0) is 30.7 Å². The van der Waals surface area contributed by atoms with Gasteiger partial charge in [-0.15, -0.1) is 0 Å². The maximum Gasteiger partial charge on any atom is 0.222 e. The first-order valence-corrected chi connectivity index (χ1v) is 10.7.